The molecule has 2 saturated carbocycles. The highest BCUT2D eigenvalue weighted by molar-refractivity contribution is 5.30. The topological polar surface area (TPSA) is 27.7 Å². The van der Waals surface area contributed by atoms with Crippen LogP contribution >= 0.6 is 0 Å². The molecule has 250 valence electrons. The van der Waals surface area contributed by atoms with E-state index < -0.39 is 35.2 Å². The average molecular weight is 641 g/mol. The minimum absolute atomic E-state index is 0.0556. The third-order valence-corrected chi connectivity index (χ3v) is 10.2. The first-order valence-electron chi connectivity index (χ1n) is 16.9. The maximum atomic E-state index is 15.4. The third-order valence-electron chi connectivity index (χ3n) is 10.2. The van der Waals surface area contributed by atoms with E-state index in [1.807, 2.05) is 6.07 Å². The van der Waals surface area contributed by atoms with E-state index in [0.717, 1.165) is 50.9 Å². The lowest BCUT2D eigenvalue weighted by Gasteiger charge is -2.38. The van der Waals surface area contributed by atoms with Gasteiger partial charge in [0, 0.05) is 24.0 Å². The molecule has 0 bridgehead atoms. The Morgan fingerprint density at radius 1 is 0.733 bits per heavy atom. The van der Waals surface area contributed by atoms with Crippen LogP contribution in [0, 0.1) is 41.0 Å². The molecule has 0 unspecified atom stereocenters. The first-order valence-corrected chi connectivity index (χ1v) is 16.9. The van der Waals surface area contributed by atoms with E-state index in [-0.39, 0.29) is 36.8 Å². The Balaban J connectivity index is 1.06. The van der Waals surface area contributed by atoms with Gasteiger partial charge in [-0.1, -0.05) is 51.2 Å². The molecule has 2 aromatic carbocycles. The summed E-state index contributed by atoms with van der Waals surface area (Å²) in [4.78, 5) is 0. The van der Waals surface area contributed by atoms with Crippen LogP contribution < -0.4 is 4.74 Å². The Labute approximate surface area is 263 Å². The number of benzene rings is 2. The first kappa shape index (κ1) is 34.1. The van der Waals surface area contributed by atoms with Crippen molar-refractivity contribution in [2.45, 2.75) is 121 Å². The lowest BCUT2D eigenvalue weighted by Crippen LogP contribution is -2.38. The van der Waals surface area contributed by atoms with Gasteiger partial charge in [-0.05, 0) is 86.8 Å². The Morgan fingerprint density at radius 3 is 1.98 bits per heavy atom. The second kappa shape index (κ2) is 15.6. The van der Waals surface area contributed by atoms with Crippen molar-refractivity contribution in [3.8, 4) is 5.75 Å². The van der Waals surface area contributed by atoms with Crippen LogP contribution in [0.2, 0.25) is 0 Å². The summed E-state index contributed by atoms with van der Waals surface area (Å²) in [6.07, 6.45) is 8.29. The SMILES string of the molecule is CCCCCCCC1COC(C2CCC(c3ccc(C4CCC(C(F)(F)Oc5cc(F)c(F)c(F)c5)CC4)c(F)c3)CC2)OC1. The average Bonchev–Trinajstić information content (AvgIpc) is 3.04. The molecule has 9 heteroatoms. The second-order valence-corrected chi connectivity index (χ2v) is 13.4. The Morgan fingerprint density at radius 2 is 1.36 bits per heavy atom. The van der Waals surface area contributed by atoms with E-state index in [4.69, 9.17) is 9.47 Å². The number of ether oxygens (including phenoxy) is 3. The van der Waals surface area contributed by atoms with Gasteiger partial charge in [0.1, 0.15) is 11.6 Å². The summed E-state index contributed by atoms with van der Waals surface area (Å²) < 4.78 is 102. The molecule has 0 N–H and O–H groups in total. The predicted molar refractivity (Wildman–Crippen MR) is 160 cm³/mol. The molecule has 1 aliphatic heterocycles. The monoisotopic (exact) mass is 640 g/mol. The van der Waals surface area contributed by atoms with Gasteiger partial charge in [0.2, 0.25) is 0 Å². The van der Waals surface area contributed by atoms with E-state index in [1.165, 1.54) is 32.1 Å². The van der Waals surface area contributed by atoms with Crippen molar-refractivity contribution >= 4 is 0 Å². The van der Waals surface area contributed by atoms with Crippen LogP contribution in [0.5, 0.6) is 5.75 Å². The van der Waals surface area contributed by atoms with Crippen LogP contribution in [0.1, 0.15) is 120 Å². The highest BCUT2D eigenvalue weighted by atomic mass is 19.3. The lowest BCUT2D eigenvalue weighted by molar-refractivity contribution is -0.229. The Bertz CT molecular complexity index is 1210. The molecule has 2 aliphatic carbocycles. The van der Waals surface area contributed by atoms with Gasteiger partial charge in [0.15, 0.2) is 23.7 Å². The van der Waals surface area contributed by atoms with Crippen LogP contribution in [0.4, 0.5) is 26.3 Å². The zero-order chi connectivity index (χ0) is 32.0. The number of halogens is 6. The largest absolute Gasteiger partial charge is 0.432 e. The predicted octanol–water partition coefficient (Wildman–Crippen LogP) is 10.8. The van der Waals surface area contributed by atoms with Crippen molar-refractivity contribution in [3.63, 3.8) is 0 Å². The van der Waals surface area contributed by atoms with Crippen molar-refractivity contribution in [1.29, 1.82) is 0 Å². The molecule has 0 radical (unpaired) electrons. The summed E-state index contributed by atoms with van der Waals surface area (Å²) in [5.74, 6) is -6.33. The first-order chi connectivity index (χ1) is 21.6. The van der Waals surface area contributed by atoms with Gasteiger partial charge in [-0.15, -0.1) is 0 Å². The van der Waals surface area contributed by atoms with Gasteiger partial charge in [-0.2, -0.15) is 8.78 Å². The van der Waals surface area contributed by atoms with E-state index in [1.54, 1.807) is 12.1 Å². The molecule has 3 aliphatic rings. The third kappa shape index (κ3) is 8.76. The highest BCUT2D eigenvalue weighted by Gasteiger charge is 2.44. The molecule has 0 aromatic heterocycles. The lowest BCUT2D eigenvalue weighted by atomic mass is 9.76. The molecule has 0 spiro atoms. The maximum Gasteiger partial charge on any atom is 0.400 e. The second-order valence-electron chi connectivity index (χ2n) is 13.4. The number of hydrogen-bond donors (Lipinski definition) is 0. The Kier molecular flexibility index (Phi) is 11.8. The summed E-state index contributed by atoms with van der Waals surface area (Å²) >= 11 is 0. The van der Waals surface area contributed by atoms with Gasteiger partial charge in [-0.3, -0.25) is 0 Å². The molecule has 2 aromatic rings. The molecule has 5 rings (SSSR count). The van der Waals surface area contributed by atoms with Crippen molar-refractivity contribution in [3.05, 3.63) is 64.7 Å². The Hall–Kier alpha value is -2.26. The fourth-order valence-corrected chi connectivity index (χ4v) is 7.46. The van der Waals surface area contributed by atoms with Gasteiger partial charge in [0.05, 0.1) is 19.1 Å². The molecule has 1 saturated heterocycles. The van der Waals surface area contributed by atoms with Crippen LogP contribution in [0.25, 0.3) is 0 Å². The van der Waals surface area contributed by atoms with E-state index in [9.17, 15) is 22.0 Å². The fourth-order valence-electron chi connectivity index (χ4n) is 7.46. The van der Waals surface area contributed by atoms with E-state index in [2.05, 4.69) is 11.7 Å². The van der Waals surface area contributed by atoms with E-state index >= 15 is 4.39 Å². The van der Waals surface area contributed by atoms with Crippen molar-refractivity contribution in [1.82, 2.24) is 0 Å². The van der Waals surface area contributed by atoms with Crippen LogP contribution in [0.15, 0.2) is 30.3 Å². The van der Waals surface area contributed by atoms with E-state index in [0.29, 0.717) is 42.4 Å². The molecule has 1 heterocycles. The zero-order valence-electron chi connectivity index (χ0n) is 26.2. The fraction of sp³-hybridized carbons (Fsp3) is 0.667. The number of hydrogen-bond acceptors (Lipinski definition) is 3. The number of rotatable bonds is 12. The van der Waals surface area contributed by atoms with Crippen molar-refractivity contribution in [2.75, 3.05) is 13.2 Å². The maximum absolute atomic E-state index is 15.4. The van der Waals surface area contributed by atoms with Crippen molar-refractivity contribution in [2.24, 2.45) is 17.8 Å². The standard InChI is InChI=1S/C36H46F6O3/c1-2-3-4-5-6-7-23-21-43-35(44-22-23)26-10-8-24(9-11-26)27-14-17-30(31(37)18-27)25-12-15-28(16-13-25)36(41,42)45-29-19-32(38)34(40)33(39)20-29/h14,17-20,23-26,28,35H,2-13,15-16,21-22H2,1H3. The molecule has 0 amide bonds. The normalized spacial score (nSPS) is 27.8. The highest BCUT2D eigenvalue weighted by Crippen LogP contribution is 2.45. The van der Waals surface area contributed by atoms with Gasteiger partial charge < -0.3 is 14.2 Å². The van der Waals surface area contributed by atoms with Crippen LogP contribution in [-0.2, 0) is 9.47 Å². The molecule has 45 heavy (non-hydrogen) atoms. The van der Waals surface area contributed by atoms with Crippen LogP contribution in [-0.4, -0.2) is 25.6 Å². The van der Waals surface area contributed by atoms with Gasteiger partial charge in [-0.25, -0.2) is 17.6 Å². The smallest absolute Gasteiger partial charge is 0.400 e. The minimum atomic E-state index is -3.70. The number of alkyl halides is 2. The van der Waals surface area contributed by atoms with Gasteiger partial charge in [0.25, 0.3) is 0 Å². The minimum Gasteiger partial charge on any atom is -0.432 e. The summed E-state index contributed by atoms with van der Waals surface area (Å²) in [6, 6.07) is 6.20. The molecule has 0 atom stereocenters. The quantitative estimate of drug-likeness (QED) is 0.131. The molecular formula is C36H46F6O3. The van der Waals surface area contributed by atoms with Crippen molar-refractivity contribution < 1.29 is 40.6 Å². The molecule has 3 nitrogen and oxygen atoms in total. The summed E-state index contributed by atoms with van der Waals surface area (Å²) in [5.41, 5.74) is 1.50. The zero-order valence-corrected chi connectivity index (χ0v) is 26.2. The molecule has 3 fully saturated rings. The summed E-state index contributed by atoms with van der Waals surface area (Å²) in [6.45, 7) is 3.77. The van der Waals surface area contributed by atoms with Crippen LogP contribution in [0.3, 0.4) is 0 Å². The summed E-state index contributed by atoms with van der Waals surface area (Å²) in [7, 11) is 0. The van der Waals surface area contributed by atoms with Gasteiger partial charge >= 0.3 is 6.11 Å². The molecular weight excluding hydrogens is 594 g/mol. The summed E-state index contributed by atoms with van der Waals surface area (Å²) in [5, 5.41) is 0. The number of unbranched alkanes of at least 4 members (excludes halogenated alkanes) is 4.